The van der Waals surface area contributed by atoms with Gasteiger partial charge < -0.3 is 10.6 Å². The highest BCUT2D eigenvalue weighted by Crippen LogP contribution is 2.26. The van der Waals surface area contributed by atoms with Gasteiger partial charge in [-0.1, -0.05) is 13.3 Å². The van der Waals surface area contributed by atoms with Crippen molar-refractivity contribution in [3.8, 4) is 0 Å². The van der Waals surface area contributed by atoms with Crippen LogP contribution in [0, 0.1) is 16.0 Å². The number of carbonyl (C=O) groups excluding carboxylic acids is 1. The molecule has 1 saturated heterocycles. The first-order chi connectivity index (χ1) is 9.93. The Hall–Kier alpha value is -1.47. The Morgan fingerprint density at radius 1 is 1.57 bits per heavy atom. The molecule has 6 nitrogen and oxygen atoms in total. The summed E-state index contributed by atoms with van der Waals surface area (Å²) in [4.78, 5) is 24.7. The van der Waals surface area contributed by atoms with Crippen LogP contribution in [0.5, 0.6) is 0 Å². The molecule has 1 aromatic carbocycles. The van der Waals surface area contributed by atoms with E-state index in [0.717, 1.165) is 12.8 Å². The summed E-state index contributed by atoms with van der Waals surface area (Å²) in [5.41, 5.74) is 6.29. The van der Waals surface area contributed by atoms with E-state index in [-0.39, 0.29) is 23.6 Å². The van der Waals surface area contributed by atoms with Crippen molar-refractivity contribution in [3.63, 3.8) is 0 Å². The lowest BCUT2D eigenvalue weighted by Crippen LogP contribution is -2.49. The minimum atomic E-state index is -0.496. The van der Waals surface area contributed by atoms with Crippen molar-refractivity contribution in [1.29, 1.82) is 0 Å². The van der Waals surface area contributed by atoms with Crippen LogP contribution in [0.4, 0.5) is 5.69 Å². The van der Waals surface area contributed by atoms with Crippen molar-refractivity contribution < 1.29 is 9.72 Å². The second kappa shape index (κ2) is 6.53. The fraction of sp³-hybridized carbons (Fsp3) is 0.500. The SMILES string of the molecule is CCC1CN(C(=O)c2cc([N+](=O)[O-])ccc2Br)CCC1N. The molecule has 1 heterocycles. The van der Waals surface area contributed by atoms with Gasteiger partial charge in [0, 0.05) is 35.7 Å². The summed E-state index contributed by atoms with van der Waals surface area (Å²) in [6, 6.07) is 4.36. The number of benzene rings is 1. The lowest BCUT2D eigenvalue weighted by atomic mass is 9.90. The summed E-state index contributed by atoms with van der Waals surface area (Å²) < 4.78 is 0.570. The van der Waals surface area contributed by atoms with Gasteiger partial charge in [-0.2, -0.15) is 0 Å². The first-order valence-corrected chi connectivity index (χ1v) is 7.72. The maximum absolute atomic E-state index is 12.6. The first kappa shape index (κ1) is 15.9. The molecule has 0 radical (unpaired) electrons. The molecule has 0 aromatic heterocycles. The van der Waals surface area contributed by atoms with E-state index in [0.29, 0.717) is 23.1 Å². The highest BCUT2D eigenvalue weighted by molar-refractivity contribution is 9.10. The Balaban J connectivity index is 2.24. The molecular formula is C14H18BrN3O3. The van der Waals surface area contributed by atoms with E-state index >= 15 is 0 Å². The molecule has 1 aliphatic rings. The fourth-order valence-corrected chi connectivity index (χ4v) is 3.04. The number of halogens is 1. The summed E-state index contributed by atoms with van der Waals surface area (Å²) in [7, 11) is 0. The van der Waals surface area contributed by atoms with Crippen molar-refractivity contribution in [1.82, 2.24) is 4.90 Å². The minimum Gasteiger partial charge on any atom is -0.338 e. The highest BCUT2D eigenvalue weighted by atomic mass is 79.9. The Labute approximate surface area is 131 Å². The van der Waals surface area contributed by atoms with Crippen LogP contribution in [0.25, 0.3) is 0 Å². The molecule has 7 heteroatoms. The molecule has 1 fully saturated rings. The van der Waals surface area contributed by atoms with Gasteiger partial charge in [-0.05, 0) is 34.3 Å². The third-order valence-electron chi connectivity index (χ3n) is 4.00. The van der Waals surface area contributed by atoms with Crippen LogP contribution >= 0.6 is 15.9 Å². The normalized spacial score (nSPS) is 22.1. The molecule has 1 amide bonds. The molecule has 0 spiro atoms. The average Bonchev–Trinajstić information content (AvgIpc) is 2.47. The number of rotatable bonds is 3. The molecule has 2 rings (SSSR count). The van der Waals surface area contributed by atoms with Crippen molar-refractivity contribution >= 4 is 27.5 Å². The lowest BCUT2D eigenvalue weighted by molar-refractivity contribution is -0.384. The van der Waals surface area contributed by atoms with E-state index in [2.05, 4.69) is 22.9 Å². The van der Waals surface area contributed by atoms with Gasteiger partial charge in [0.15, 0.2) is 0 Å². The zero-order chi connectivity index (χ0) is 15.6. The van der Waals surface area contributed by atoms with E-state index in [4.69, 9.17) is 5.73 Å². The molecule has 1 aliphatic heterocycles. The molecule has 2 unspecified atom stereocenters. The Morgan fingerprint density at radius 3 is 2.90 bits per heavy atom. The van der Waals surface area contributed by atoms with Crippen LogP contribution in [-0.2, 0) is 0 Å². The van der Waals surface area contributed by atoms with Gasteiger partial charge in [-0.3, -0.25) is 14.9 Å². The number of carbonyl (C=O) groups is 1. The maximum atomic E-state index is 12.6. The van der Waals surface area contributed by atoms with Crippen molar-refractivity contribution in [2.24, 2.45) is 11.7 Å². The monoisotopic (exact) mass is 355 g/mol. The predicted octanol–water partition coefficient (Wildman–Crippen LogP) is 2.56. The number of hydrogen-bond acceptors (Lipinski definition) is 4. The van der Waals surface area contributed by atoms with Crippen molar-refractivity contribution in [3.05, 3.63) is 38.3 Å². The fourth-order valence-electron chi connectivity index (χ4n) is 2.63. The number of piperidine rings is 1. The molecule has 0 bridgehead atoms. The van der Waals surface area contributed by atoms with Gasteiger partial charge in [0.25, 0.3) is 11.6 Å². The van der Waals surface area contributed by atoms with E-state index in [1.807, 2.05) is 0 Å². The Bertz CT molecular complexity index is 564. The van der Waals surface area contributed by atoms with E-state index in [1.165, 1.54) is 12.1 Å². The number of likely N-dealkylation sites (tertiary alicyclic amines) is 1. The van der Waals surface area contributed by atoms with E-state index in [1.54, 1.807) is 11.0 Å². The standard InChI is InChI=1S/C14H18BrN3O3/c1-2-9-8-17(6-5-13(9)16)14(19)11-7-10(18(20)21)3-4-12(11)15/h3-4,7,9,13H,2,5-6,8,16H2,1H3. The topological polar surface area (TPSA) is 89.5 Å². The number of amides is 1. The zero-order valence-corrected chi connectivity index (χ0v) is 13.4. The third-order valence-corrected chi connectivity index (χ3v) is 4.69. The predicted molar refractivity (Wildman–Crippen MR) is 83.1 cm³/mol. The summed E-state index contributed by atoms with van der Waals surface area (Å²) in [5.74, 6) is 0.0936. The Kier molecular flexibility index (Phi) is 4.95. The maximum Gasteiger partial charge on any atom is 0.270 e. The van der Waals surface area contributed by atoms with Gasteiger partial charge >= 0.3 is 0 Å². The summed E-state index contributed by atoms with van der Waals surface area (Å²) in [6.07, 6.45) is 1.68. The van der Waals surface area contributed by atoms with Crippen LogP contribution in [0.2, 0.25) is 0 Å². The second-order valence-corrected chi connectivity index (χ2v) is 6.15. The lowest BCUT2D eigenvalue weighted by Gasteiger charge is -2.36. The number of non-ortho nitro benzene ring substituents is 1. The molecule has 2 atom stereocenters. The summed E-state index contributed by atoms with van der Waals surface area (Å²) in [5, 5.41) is 10.9. The van der Waals surface area contributed by atoms with Crippen LogP contribution in [0.1, 0.15) is 30.1 Å². The Morgan fingerprint density at radius 2 is 2.29 bits per heavy atom. The number of nitro benzene ring substituents is 1. The van der Waals surface area contributed by atoms with Crippen molar-refractivity contribution in [2.45, 2.75) is 25.8 Å². The van der Waals surface area contributed by atoms with Gasteiger partial charge in [-0.25, -0.2) is 0 Å². The van der Waals surface area contributed by atoms with Gasteiger partial charge in [-0.15, -0.1) is 0 Å². The number of nitrogens with two attached hydrogens (primary N) is 1. The van der Waals surface area contributed by atoms with Crippen LogP contribution in [-0.4, -0.2) is 34.9 Å². The number of nitro groups is 1. The molecular weight excluding hydrogens is 338 g/mol. The van der Waals surface area contributed by atoms with Crippen LogP contribution in [0.3, 0.4) is 0 Å². The molecule has 1 aromatic rings. The van der Waals surface area contributed by atoms with Crippen LogP contribution in [0.15, 0.2) is 22.7 Å². The first-order valence-electron chi connectivity index (χ1n) is 6.92. The smallest absolute Gasteiger partial charge is 0.270 e. The van der Waals surface area contributed by atoms with Crippen LogP contribution < -0.4 is 5.73 Å². The molecule has 21 heavy (non-hydrogen) atoms. The molecule has 0 saturated carbocycles. The number of hydrogen-bond donors (Lipinski definition) is 1. The zero-order valence-electron chi connectivity index (χ0n) is 11.8. The third kappa shape index (κ3) is 3.41. The van der Waals surface area contributed by atoms with Crippen molar-refractivity contribution in [2.75, 3.05) is 13.1 Å². The highest BCUT2D eigenvalue weighted by Gasteiger charge is 2.29. The second-order valence-electron chi connectivity index (χ2n) is 5.29. The van der Waals surface area contributed by atoms with Gasteiger partial charge in [0.1, 0.15) is 0 Å². The quantitative estimate of drug-likeness (QED) is 0.666. The van der Waals surface area contributed by atoms with E-state index in [9.17, 15) is 14.9 Å². The average molecular weight is 356 g/mol. The van der Waals surface area contributed by atoms with Gasteiger partial charge in [0.05, 0.1) is 10.5 Å². The largest absolute Gasteiger partial charge is 0.338 e. The van der Waals surface area contributed by atoms with E-state index < -0.39 is 4.92 Å². The number of nitrogens with zero attached hydrogens (tertiary/aromatic N) is 2. The molecule has 0 aliphatic carbocycles. The summed E-state index contributed by atoms with van der Waals surface area (Å²) >= 11 is 3.30. The molecule has 114 valence electrons. The molecule has 2 N–H and O–H groups in total. The summed E-state index contributed by atoms with van der Waals surface area (Å²) in [6.45, 7) is 3.25. The minimum absolute atomic E-state index is 0.0812. The van der Waals surface area contributed by atoms with Gasteiger partial charge in [0.2, 0.25) is 0 Å².